The highest BCUT2D eigenvalue weighted by atomic mass is 16.2. The van der Waals surface area contributed by atoms with Gasteiger partial charge in [0.25, 0.3) is 11.8 Å². The second-order valence-electron chi connectivity index (χ2n) is 7.83. The Morgan fingerprint density at radius 3 is 2.35 bits per heavy atom. The first kappa shape index (κ1) is 19.0. The van der Waals surface area contributed by atoms with Crippen LogP contribution in [0, 0.1) is 13.8 Å². The van der Waals surface area contributed by atoms with Crippen molar-refractivity contribution in [1.29, 1.82) is 0 Å². The van der Waals surface area contributed by atoms with Crippen LogP contribution in [-0.2, 0) is 4.79 Å². The Balaban J connectivity index is 1.60. The summed E-state index contributed by atoms with van der Waals surface area (Å²) in [6.45, 7) is 4.13. The molecule has 1 atom stereocenters. The fourth-order valence-corrected chi connectivity index (χ4v) is 3.87. The molecule has 1 unspecified atom stereocenters. The van der Waals surface area contributed by atoms with E-state index in [1.807, 2.05) is 62.4 Å². The number of nitrogens with zero attached hydrogens (tertiary/aromatic N) is 4. The lowest BCUT2D eigenvalue weighted by Crippen LogP contribution is -2.39. The number of aryl methyl sites for hydroxylation is 2. The lowest BCUT2D eigenvalue weighted by atomic mass is 10.1. The molecule has 0 bridgehead atoms. The molecule has 3 aromatic carbocycles. The van der Waals surface area contributed by atoms with Gasteiger partial charge in [0.1, 0.15) is 11.0 Å². The van der Waals surface area contributed by atoms with Gasteiger partial charge in [0, 0.05) is 11.4 Å². The van der Waals surface area contributed by atoms with Crippen LogP contribution in [0.3, 0.4) is 0 Å². The molecule has 154 valence electrons. The SMILES string of the molecule is Cc1ccc(NC(=O)C2CN(c3ccc(C)cc3)C(=O)c3cccc4nnn2c34)cc1. The van der Waals surface area contributed by atoms with E-state index in [0.717, 1.165) is 16.8 Å². The van der Waals surface area contributed by atoms with E-state index in [9.17, 15) is 9.59 Å². The molecular formula is C24H21N5O2. The third-order valence-electron chi connectivity index (χ3n) is 5.59. The summed E-state index contributed by atoms with van der Waals surface area (Å²) >= 11 is 0. The van der Waals surface area contributed by atoms with Crippen LogP contribution in [0.2, 0.25) is 0 Å². The lowest BCUT2D eigenvalue weighted by Gasteiger charge is -2.25. The van der Waals surface area contributed by atoms with Crippen molar-refractivity contribution in [2.24, 2.45) is 0 Å². The molecule has 0 fully saturated rings. The average Bonchev–Trinajstić information content (AvgIpc) is 3.15. The summed E-state index contributed by atoms with van der Waals surface area (Å²) < 4.78 is 1.57. The van der Waals surface area contributed by atoms with Gasteiger partial charge >= 0.3 is 0 Å². The number of anilines is 2. The van der Waals surface area contributed by atoms with Crippen LogP contribution in [0.15, 0.2) is 66.7 Å². The number of hydrogen-bond donors (Lipinski definition) is 1. The Labute approximate surface area is 179 Å². The average molecular weight is 411 g/mol. The van der Waals surface area contributed by atoms with Crippen molar-refractivity contribution in [2.75, 3.05) is 16.8 Å². The largest absolute Gasteiger partial charge is 0.324 e. The maximum absolute atomic E-state index is 13.5. The number of nitrogens with one attached hydrogen (secondary N) is 1. The van der Waals surface area contributed by atoms with Crippen molar-refractivity contribution in [2.45, 2.75) is 19.9 Å². The predicted molar refractivity (Wildman–Crippen MR) is 119 cm³/mol. The summed E-state index contributed by atoms with van der Waals surface area (Å²) in [5.74, 6) is -0.430. The number of amides is 2. The maximum Gasteiger partial charge on any atom is 0.260 e. The predicted octanol–water partition coefficient (Wildman–Crippen LogP) is 3.89. The molecule has 31 heavy (non-hydrogen) atoms. The second-order valence-corrected chi connectivity index (χ2v) is 7.83. The topological polar surface area (TPSA) is 80.1 Å². The van der Waals surface area contributed by atoms with Crippen molar-refractivity contribution in [3.63, 3.8) is 0 Å². The summed E-state index contributed by atoms with van der Waals surface area (Å²) in [5.41, 5.74) is 5.27. The Bertz CT molecular complexity index is 1290. The first-order chi connectivity index (χ1) is 15.0. The molecule has 0 aliphatic carbocycles. The molecule has 0 spiro atoms. The van der Waals surface area contributed by atoms with Gasteiger partial charge in [0.2, 0.25) is 0 Å². The summed E-state index contributed by atoms with van der Waals surface area (Å²) in [7, 11) is 0. The maximum atomic E-state index is 13.5. The van der Waals surface area contributed by atoms with Crippen LogP contribution in [0.4, 0.5) is 11.4 Å². The number of para-hydroxylation sites is 1. The van der Waals surface area contributed by atoms with Crippen LogP contribution in [0.25, 0.3) is 11.0 Å². The lowest BCUT2D eigenvalue weighted by molar-refractivity contribution is -0.119. The number of rotatable bonds is 3. The minimum atomic E-state index is -0.736. The van der Waals surface area contributed by atoms with Gasteiger partial charge < -0.3 is 10.2 Å². The quantitative estimate of drug-likeness (QED) is 0.555. The van der Waals surface area contributed by atoms with Crippen LogP contribution in [0.5, 0.6) is 0 Å². The zero-order valence-corrected chi connectivity index (χ0v) is 17.2. The fourth-order valence-electron chi connectivity index (χ4n) is 3.87. The standard InChI is InChI=1S/C24H21N5O2/c1-15-6-10-17(11-7-15)25-23(30)21-14-28(18-12-8-16(2)9-13-18)24(31)19-4-3-5-20-22(19)29(21)27-26-20/h3-13,21H,14H2,1-2H3,(H,25,30). The van der Waals surface area contributed by atoms with Gasteiger partial charge in [0.05, 0.1) is 12.1 Å². The Hall–Kier alpha value is -4.00. The van der Waals surface area contributed by atoms with Crippen LogP contribution in [0.1, 0.15) is 27.5 Å². The first-order valence-corrected chi connectivity index (χ1v) is 10.1. The van der Waals surface area contributed by atoms with Gasteiger partial charge in [-0.15, -0.1) is 5.10 Å². The molecule has 0 radical (unpaired) electrons. The zero-order chi connectivity index (χ0) is 21.5. The summed E-state index contributed by atoms with van der Waals surface area (Å²) in [6, 6.07) is 19.9. The fraction of sp³-hybridized carbons (Fsp3) is 0.167. The highest BCUT2D eigenvalue weighted by molar-refractivity contribution is 6.14. The minimum Gasteiger partial charge on any atom is -0.324 e. The van der Waals surface area contributed by atoms with Crippen LogP contribution >= 0.6 is 0 Å². The van der Waals surface area contributed by atoms with Gasteiger partial charge in [-0.2, -0.15) is 0 Å². The third kappa shape index (κ3) is 3.34. The Morgan fingerprint density at radius 2 is 1.65 bits per heavy atom. The molecule has 1 aromatic heterocycles. The smallest absolute Gasteiger partial charge is 0.260 e. The highest BCUT2D eigenvalue weighted by Gasteiger charge is 2.35. The van der Waals surface area contributed by atoms with E-state index in [1.54, 1.807) is 27.8 Å². The zero-order valence-electron chi connectivity index (χ0n) is 17.2. The van der Waals surface area contributed by atoms with Crippen LogP contribution in [-0.4, -0.2) is 33.4 Å². The number of carbonyl (C=O) groups excluding carboxylic acids is 2. The highest BCUT2D eigenvalue weighted by Crippen LogP contribution is 2.30. The second kappa shape index (κ2) is 7.36. The number of hydrogen-bond acceptors (Lipinski definition) is 4. The monoisotopic (exact) mass is 411 g/mol. The van der Waals surface area contributed by atoms with Crippen molar-refractivity contribution in [3.05, 3.63) is 83.4 Å². The van der Waals surface area contributed by atoms with E-state index in [1.165, 1.54) is 0 Å². The van der Waals surface area contributed by atoms with Gasteiger partial charge in [-0.25, -0.2) is 4.68 Å². The molecule has 4 aromatic rings. The molecule has 5 rings (SSSR count). The molecule has 2 amide bonds. The van der Waals surface area contributed by atoms with Crippen LogP contribution < -0.4 is 10.2 Å². The summed E-state index contributed by atoms with van der Waals surface area (Å²) in [6.07, 6.45) is 0. The van der Waals surface area contributed by atoms with Gasteiger partial charge in [-0.05, 0) is 50.2 Å². The molecule has 2 heterocycles. The third-order valence-corrected chi connectivity index (χ3v) is 5.59. The first-order valence-electron chi connectivity index (χ1n) is 10.1. The molecule has 1 N–H and O–H groups in total. The van der Waals surface area contributed by atoms with Gasteiger partial charge in [-0.1, -0.05) is 46.7 Å². The number of benzene rings is 3. The molecule has 7 heteroatoms. The molecule has 7 nitrogen and oxygen atoms in total. The minimum absolute atomic E-state index is 0.146. The molecule has 0 saturated carbocycles. The Kier molecular flexibility index (Phi) is 4.51. The van der Waals surface area contributed by atoms with Crippen molar-refractivity contribution >= 4 is 34.2 Å². The number of aromatic nitrogens is 3. The number of carbonyl (C=O) groups is 2. The van der Waals surface area contributed by atoms with Gasteiger partial charge in [0.15, 0.2) is 6.04 Å². The van der Waals surface area contributed by atoms with Crippen molar-refractivity contribution in [1.82, 2.24) is 15.0 Å². The van der Waals surface area contributed by atoms with E-state index in [0.29, 0.717) is 22.3 Å². The molecular weight excluding hydrogens is 390 g/mol. The van der Waals surface area contributed by atoms with E-state index in [2.05, 4.69) is 15.6 Å². The normalized spacial score (nSPS) is 15.7. The summed E-state index contributed by atoms with van der Waals surface area (Å²) in [4.78, 5) is 28.5. The summed E-state index contributed by atoms with van der Waals surface area (Å²) in [5, 5.41) is 11.4. The molecule has 1 aliphatic heterocycles. The molecule has 0 saturated heterocycles. The molecule has 1 aliphatic rings. The van der Waals surface area contributed by atoms with E-state index in [-0.39, 0.29) is 18.4 Å². The van der Waals surface area contributed by atoms with E-state index >= 15 is 0 Å². The van der Waals surface area contributed by atoms with Gasteiger partial charge in [-0.3, -0.25) is 9.59 Å². The van der Waals surface area contributed by atoms with Crippen molar-refractivity contribution < 1.29 is 9.59 Å². The van der Waals surface area contributed by atoms with E-state index in [4.69, 9.17) is 0 Å². The van der Waals surface area contributed by atoms with Crippen molar-refractivity contribution in [3.8, 4) is 0 Å². The Morgan fingerprint density at radius 1 is 0.968 bits per heavy atom. The van der Waals surface area contributed by atoms with E-state index < -0.39 is 6.04 Å².